The molecule has 1 saturated heterocycles. The van der Waals surface area contributed by atoms with Crippen LogP contribution in [0.15, 0.2) is 36.5 Å². The molecule has 0 aliphatic carbocycles. The first-order valence-corrected chi connectivity index (χ1v) is 8.47. The molecule has 3 unspecified atom stereocenters. The molecule has 1 aromatic rings. The number of rotatable bonds is 2. The predicted molar refractivity (Wildman–Crippen MR) is 100.0 cm³/mol. The summed E-state index contributed by atoms with van der Waals surface area (Å²) in [6.07, 6.45) is 5.71. The number of nitrogens with one attached hydrogen (secondary N) is 2. The Kier molecular flexibility index (Phi) is 5.77. The fraction of sp³-hybridized carbons (Fsp3) is 0.579. The largest absolute Gasteiger partial charge is 0.364 e. The Morgan fingerprint density at radius 1 is 1.13 bits per heavy atom. The fourth-order valence-corrected chi connectivity index (χ4v) is 3.67. The van der Waals surface area contributed by atoms with Crippen molar-refractivity contribution >= 4 is 12.4 Å². The smallest absolute Gasteiger partial charge is 0.134 e. The Hall–Kier alpha value is -1.03. The fourth-order valence-electron chi connectivity index (χ4n) is 3.67. The van der Waals surface area contributed by atoms with E-state index in [1.807, 2.05) is 0 Å². The Labute approximate surface area is 146 Å². The summed E-state index contributed by atoms with van der Waals surface area (Å²) in [5.41, 5.74) is 3.13. The van der Waals surface area contributed by atoms with Crippen molar-refractivity contribution in [3.8, 4) is 0 Å². The zero-order chi connectivity index (χ0) is 15.7. The molecule has 1 fully saturated rings. The second kappa shape index (κ2) is 7.25. The van der Waals surface area contributed by atoms with Gasteiger partial charge in [0.15, 0.2) is 0 Å². The average molecular weight is 336 g/mol. The topological polar surface area (TPSA) is 27.3 Å². The van der Waals surface area contributed by atoms with Crippen LogP contribution in [0.5, 0.6) is 0 Å². The van der Waals surface area contributed by atoms with Crippen molar-refractivity contribution in [2.75, 3.05) is 13.1 Å². The number of nitrogens with zero attached hydrogens (tertiary/aromatic N) is 1. The van der Waals surface area contributed by atoms with E-state index in [9.17, 15) is 0 Å². The molecule has 128 valence electrons. The molecule has 2 aliphatic rings. The van der Waals surface area contributed by atoms with Crippen molar-refractivity contribution in [2.45, 2.75) is 57.8 Å². The van der Waals surface area contributed by atoms with Crippen LogP contribution in [0.25, 0.3) is 0 Å². The molecular formula is C19H30ClN3. The van der Waals surface area contributed by atoms with Crippen LogP contribution >= 0.6 is 12.4 Å². The molecule has 2 aliphatic heterocycles. The van der Waals surface area contributed by atoms with Crippen LogP contribution < -0.4 is 10.6 Å². The number of hydrogen-bond donors (Lipinski definition) is 2. The summed E-state index contributed by atoms with van der Waals surface area (Å²) in [6, 6.07) is 9.85. The molecule has 3 atom stereocenters. The first kappa shape index (κ1) is 18.3. The molecule has 4 heteroatoms. The lowest BCUT2D eigenvalue weighted by molar-refractivity contribution is 0.135. The summed E-state index contributed by atoms with van der Waals surface area (Å²) in [5.74, 6) is 0.628. The Balaban J connectivity index is 0.00000192. The van der Waals surface area contributed by atoms with Crippen LogP contribution in [-0.2, 0) is 5.41 Å². The van der Waals surface area contributed by atoms with Crippen molar-refractivity contribution in [3.63, 3.8) is 0 Å². The summed E-state index contributed by atoms with van der Waals surface area (Å²) in [5, 5.41) is 6.95. The molecular weight excluding hydrogens is 306 g/mol. The summed E-state index contributed by atoms with van der Waals surface area (Å²) in [6.45, 7) is 11.3. The van der Waals surface area contributed by atoms with Crippen LogP contribution in [0, 0.1) is 0 Å². The molecule has 2 N–H and O–H groups in total. The minimum Gasteiger partial charge on any atom is -0.364 e. The maximum atomic E-state index is 3.52. The number of benzene rings is 1. The second-order valence-corrected chi connectivity index (χ2v) is 7.63. The predicted octanol–water partition coefficient (Wildman–Crippen LogP) is 3.57. The molecule has 1 aromatic carbocycles. The van der Waals surface area contributed by atoms with E-state index in [0.29, 0.717) is 12.0 Å². The summed E-state index contributed by atoms with van der Waals surface area (Å²) < 4.78 is 0. The van der Waals surface area contributed by atoms with Gasteiger partial charge < -0.3 is 5.32 Å². The molecule has 2 heterocycles. The van der Waals surface area contributed by atoms with Crippen molar-refractivity contribution in [1.29, 1.82) is 0 Å². The normalized spacial score (nSPS) is 28.3. The van der Waals surface area contributed by atoms with E-state index in [1.54, 1.807) is 0 Å². The van der Waals surface area contributed by atoms with Crippen LogP contribution in [0.3, 0.4) is 0 Å². The molecule has 0 spiro atoms. The van der Waals surface area contributed by atoms with E-state index in [-0.39, 0.29) is 24.1 Å². The third-order valence-electron chi connectivity index (χ3n) is 5.14. The van der Waals surface area contributed by atoms with Gasteiger partial charge in [0.1, 0.15) is 6.29 Å². The highest BCUT2D eigenvalue weighted by Crippen LogP contribution is 2.35. The lowest BCUT2D eigenvalue weighted by Crippen LogP contribution is -2.56. The number of hydrogen-bond acceptors (Lipinski definition) is 3. The van der Waals surface area contributed by atoms with Crippen LogP contribution in [0.4, 0.5) is 0 Å². The standard InChI is InChI=1S/C19H29N3.ClH/c1-14-17(10-13-22(14)18-20-11-5-12-21-18)15-6-8-16(9-7-15)19(2,3)4;/h5-9,11,14,17-18,20-21H,10,12-13H2,1-4H3;1H. The van der Waals surface area contributed by atoms with Gasteiger partial charge in [-0.25, -0.2) is 0 Å². The zero-order valence-electron chi connectivity index (χ0n) is 14.7. The highest BCUT2D eigenvalue weighted by atomic mass is 35.5. The van der Waals surface area contributed by atoms with Crippen molar-refractivity contribution in [1.82, 2.24) is 15.5 Å². The van der Waals surface area contributed by atoms with Gasteiger partial charge in [-0.15, -0.1) is 12.4 Å². The van der Waals surface area contributed by atoms with Gasteiger partial charge in [0.2, 0.25) is 0 Å². The van der Waals surface area contributed by atoms with Gasteiger partial charge in [-0.1, -0.05) is 51.1 Å². The maximum Gasteiger partial charge on any atom is 0.134 e. The quantitative estimate of drug-likeness (QED) is 0.865. The molecule has 3 nitrogen and oxygen atoms in total. The highest BCUT2D eigenvalue weighted by Gasteiger charge is 2.35. The molecule has 0 saturated carbocycles. The Morgan fingerprint density at radius 3 is 2.39 bits per heavy atom. The van der Waals surface area contributed by atoms with Gasteiger partial charge in [0, 0.05) is 25.0 Å². The van der Waals surface area contributed by atoms with Crippen molar-refractivity contribution < 1.29 is 0 Å². The monoisotopic (exact) mass is 335 g/mol. The lowest BCUT2D eigenvalue weighted by atomic mass is 9.84. The van der Waals surface area contributed by atoms with E-state index in [1.165, 1.54) is 17.5 Å². The zero-order valence-corrected chi connectivity index (χ0v) is 15.5. The molecule has 3 rings (SSSR count). The van der Waals surface area contributed by atoms with Gasteiger partial charge in [0.05, 0.1) is 0 Å². The highest BCUT2D eigenvalue weighted by molar-refractivity contribution is 5.85. The molecule has 0 aromatic heterocycles. The molecule has 0 radical (unpaired) electrons. The number of halogens is 1. The SMILES string of the molecule is CC1C(c2ccc(C(C)(C)C)cc2)CCN1C1NC=CCN1.Cl. The Morgan fingerprint density at radius 2 is 1.83 bits per heavy atom. The van der Waals surface area contributed by atoms with Crippen LogP contribution in [0.1, 0.15) is 51.2 Å². The van der Waals surface area contributed by atoms with E-state index < -0.39 is 0 Å². The van der Waals surface area contributed by atoms with E-state index in [4.69, 9.17) is 0 Å². The van der Waals surface area contributed by atoms with Gasteiger partial charge >= 0.3 is 0 Å². The number of likely N-dealkylation sites (tertiary alicyclic amines) is 1. The molecule has 0 bridgehead atoms. The summed E-state index contributed by atoms with van der Waals surface area (Å²) in [4.78, 5) is 2.55. The third-order valence-corrected chi connectivity index (χ3v) is 5.14. The Bertz CT molecular complexity index is 533. The lowest BCUT2D eigenvalue weighted by Gasteiger charge is -2.35. The third kappa shape index (κ3) is 3.90. The second-order valence-electron chi connectivity index (χ2n) is 7.63. The summed E-state index contributed by atoms with van der Waals surface area (Å²) >= 11 is 0. The van der Waals surface area contributed by atoms with Crippen molar-refractivity contribution in [3.05, 3.63) is 47.7 Å². The minimum absolute atomic E-state index is 0. The molecule has 23 heavy (non-hydrogen) atoms. The average Bonchev–Trinajstić information content (AvgIpc) is 2.89. The maximum absolute atomic E-state index is 3.52. The van der Waals surface area contributed by atoms with Gasteiger partial charge in [-0.05, 0) is 36.1 Å². The first-order chi connectivity index (χ1) is 10.5. The van der Waals surface area contributed by atoms with E-state index in [2.05, 4.69) is 79.8 Å². The van der Waals surface area contributed by atoms with Gasteiger partial charge in [0.25, 0.3) is 0 Å². The van der Waals surface area contributed by atoms with Crippen molar-refractivity contribution in [2.24, 2.45) is 0 Å². The first-order valence-electron chi connectivity index (χ1n) is 8.47. The van der Waals surface area contributed by atoms with Gasteiger partial charge in [-0.3, -0.25) is 10.2 Å². The summed E-state index contributed by atoms with van der Waals surface area (Å²) in [7, 11) is 0. The van der Waals surface area contributed by atoms with E-state index in [0.717, 1.165) is 13.1 Å². The van der Waals surface area contributed by atoms with Gasteiger partial charge in [-0.2, -0.15) is 0 Å². The van der Waals surface area contributed by atoms with Crippen LogP contribution in [0.2, 0.25) is 0 Å². The van der Waals surface area contributed by atoms with E-state index >= 15 is 0 Å². The minimum atomic E-state index is 0. The van der Waals surface area contributed by atoms with Crippen LogP contribution in [-0.4, -0.2) is 30.3 Å². The molecule has 0 amide bonds.